The monoisotopic (exact) mass is 130 g/mol. The number of hydrogen-bond donors (Lipinski definition) is 2. The van der Waals surface area contributed by atoms with E-state index in [1.165, 1.54) is 19.3 Å². The van der Waals surface area contributed by atoms with Crippen molar-refractivity contribution in [3.05, 3.63) is 0 Å². The smallest absolute Gasteiger partial charge is 0.00975 e. The van der Waals surface area contributed by atoms with Crippen LogP contribution in [0.2, 0.25) is 0 Å². The number of hydrogen-bond acceptors (Lipinski definition) is 2. The van der Waals surface area contributed by atoms with Crippen molar-refractivity contribution in [2.45, 2.75) is 33.1 Å². The highest BCUT2D eigenvalue weighted by Crippen LogP contribution is 2.07. The molecular formula is C7H18N2. The third kappa shape index (κ3) is 5.80. The lowest BCUT2D eigenvalue weighted by atomic mass is 10.0. The largest absolute Gasteiger partial charge is 0.271 e. The molecule has 0 rings (SSSR count). The zero-order valence-electron chi connectivity index (χ0n) is 6.48. The Kier molecular flexibility index (Phi) is 5.99. The lowest BCUT2D eigenvalue weighted by molar-refractivity contribution is 0.484. The second kappa shape index (κ2) is 6.05. The third-order valence-corrected chi connectivity index (χ3v) is 1.71. The summed E-state index contributed by atoms with van der Waals surface area (Å²) in [4.78, 5) is 0. The maximum absolute atomic E-state index is 5.11. The molecule has 0 fully saturated rings. The van der Waals surface area contributed by atoms with Gasteiger partial charge in [0.25, 0.3) is 0 Å². The maximum atomic E-state index is 5.11. The fourth-order valence-electron chi connectivity index (χ4n) is 0.757. The Labute approximate surface area is 57.8 Å². The molecule has 0 bridgehead atoms. The zero-order valence-corrected chi connectivity index (χ0v) is 6.48. The Bertz CT molecular complexity index is 54.9. The van der Waals surface area contributed by atoms with Gasteiger partial charge in [0.05, 0.1) is 0 Å². The summed E-state index contributed by atoms with van der Waals surface area (Å²) >= 11 is 0. The molecule has 0 aliphatic carbocycles. The van der Waals surface area contributed by atoms with Crippen LogP contribution in [0.3, 0.4) is 0 Å². The van der Waals surface area contributed by atoms with Crippen molar-refractivity contribution in [1.82, 2.24) is 5.43 Å². The van der Waals surface area contributed by atoms with Gasteiger partial charge in [-0.3, -0.25) is 11.3 Å². The first-order valence-corrected chi connectivity index (χ1v) is 3.74. The summed E-state index contributed by atoms with van der Waals surface area (Å²) in [6.07, 6.45) is 3.77. The van der Waals surface area contributed by atoms with E-state index in [2.05, 4.69) is 19.3 Å². The van der Waals surface area contributed by atoms with Crippen molar-refractivity contribution in [1.29, 1.82) is 0 Å². The van der Waals surface area contributed by atoms with Crippen LogP contribution in [0.25, 0.3) is 0 Å². The summed E-state index contributed by atoms with van der Waals surface area (Å²) in [5, 5.41) is 0. The topological polar surface area (TPSA) is 38.0 Å². The number of rotatable bonds is 5. The first-order chi connectivity index (χ1) is 4.31. The fraction of sp³-hybridized carbons (Fsp3) is 1.00. The molecule has 0 aromatic heterocycles. The normalized spacial score (nSPS) is 13.7. The Balaban J connectivity index is 2.88. The molecule has 1 atom stereocenters. The summed E-state index contributed by atoms with van der Waals surface area (Å²) < 4.78 is 0. The van der Waals surface area contributed by atoms with Crippen LogP contribution in [-0.4, -0.2) is 6.54 Å². The van der Waals surface area contributed by atoms with Gasteiger partial charge in [-0.1, -0.05) is 20.3 Å². The van der Waals surface area contributed by atoms with Gasteiger partial charge in [-0.2, -0.15) is 0 Å². The molecule has 0 radical (unpaired) electrons. The Morgan fingerprint density at radius 1 is 1.56 bits per heavy atom. The van der Waals surface area contributed by atoms with Crippen LogP contribution >= 0.6 is 0 Å². The number of nitrogens with one attached hydrogen (secondary N) is 1. The maximum Gasteiger partial charge on any atom is 0.00975 e. The molecule has 2 nitrogen and oxygen atoms in total. The molecule has 9 heavy (non-hydrogen) atoms. The first kappa shape index (κ1) is 8.92. The van der Waals surface area contributed by atoms with Crippen molar-refractivity contribution in [3.8, 4) is 0 Å². The first-order valence-electron chi connectivity index (χ1n) is 3.74. The predicted octanol–water partition coefficient (Wildman–Crippen LogP) is 1.28. The van der Waals surface area contributed by atoms with Gasteiger partial charge in [-0.25, -0.2) is 0 Å². The molecule has 0 aromatic rings. The van der Waals surface area contributed by atoms with Gasteiger partial charge in [0.2, 0.25) is 0 Å². The van der Waals surface area contributed by atoms with Gasteiger partial charge < -0.3 is 0 Å². The molecule has 0 heterocycles. The van der Waals surface area contributed by atoms with Crippen LogP contribution in [0, 0.1) is 5.92 Å². The van der Waals surface area contributed by atoms with Crippen LogP contribution in [0.1, 0.15) is 33.1 Å². The van der Waals surface area contributed by atoms with E-state index in [0.717, 1.165) is 12.5 Å². The summed E-state index contributed by atoms with van der Waals surface area (Å²) in [6, 6.07) is 0. The summed E-state index contributed by atoms with van der Waals surface area (Å²) in [6.45, 7) is 5.45. The highest BCUT2D eigenvalue weighted by molar-refractivity contribution is 4.50. The van der Waals surface area contributed by atoms with E-state index in [-0.39, 0.29) is 0 Å². The van der Waals surface area contributed by atoms with Crippen LogP contribution in [0.4, 0.5) is 0 Å². The molecule has 0 aromatic carbocycles. The van der Waals surface area contributed by atoms with Gasteiger partial charge in [0, 0.05) is 6.54 Å². The summed E-state index contributed by atoms with van der Waals surface area (Å²) in [5.74, 6) is 5.97. The average Bonchev–Trinajstić information content (AvgIpc) is 1.89. The van der Waals surface area contributed by atoms with Crippen LogP contribution in [-0.2, 0) is 0 Å². The average molecular weight is 130 g/mol. The molecule has 2 heteroatoms. The van der Waals surface area contributed by atoms with Gasteiger partial charge in [-0.05, 0) is 18.8 Å². The summed E-state index contributed by atoms with van der Waals surface area (Å²) in [5.41, 5.74) is 2.65. The Hall–Kier alpha value is -0.0800. The van der Waals surface area contributed by atoms with E-state index in [4.69, 9.17) is 5.84 Å². The fourth-order valence-corrected chi connectivity index (χ4v) is 0.757. The standard InChI is InChI=1S/C7H18N2/c1-3-7(2)5-4-6-9-8/h7,9H,3-6,8H2,1-2H3/t7-/m0/s1. The minimum absolute atomic E-state index is 0.860. The van der Waals surface area contributed by atoms with Gasteiger partial charge >= 0.3 is 0 Å². The lowest BCUT2D eigenvalue weighted by Gasteiger charge is -2.05. The molecule has 0 aliphatic rings. The van der Waals surface area contributed by atoms with E-state index in [0.29, 0.717) is 0 Å². The molecular weight excluding hydrogens is 112 g/mol. The van der Waals surface area contributed by atoms with Crippen LogP contribution in [0.5, 0.6) is 0 Å². The third-order valence-electron chi connectivity index (χ3n) is 1.71. The van der Waals surface area contributed by atoms with E-state index in [1.54, 1.807) is 0 Å². The highest BCUT2D eigenvalue weighted by Gasteiger charge is 1.95. The Morgan fingerprint density at radius 3 is 2.67 bits per heavy atom. The lowest BCUT2D eigenvalue weighted by Crippen LogP contribution is -2.23. The molecule has 0 saturated carbocycles. The van der Waals surface area contributed by atoms with Crippen molar-refractivity contribution in [2.24, 2.45) is 11.8 Å². The van der Waals surface area contributed by atoms with Gasteiger partial charge in [0.1, 0.15) is 0 Å². The number of nitrogens with two attached hydrogens (primary N) is 1. The van der Waals surface area contributed by atoms with E-state index < -0.39 is 0 Å². The van der Waals surface area contributed by atoms with Crippen LogP contribution in [0.15, 0.2) is 0 Å². The molecule has 3 N–H and O–H groups in total. The van der Waals surface area contributed by atoms with E-state index in [9.17, 15) is 0 Å². The molecule has 0 aliphatic heterocycles. The van der Waals surface area contributed by atoms with Gasteiger partial charge in [-0.15, -0.1) is 0 Å². The van der Waals surface area contributed by atoms with Crippen molar-refractivity contribution < 1.29 is 0 Å². The minimum Gasteiger partial charge on any atom is -0.271 e. The molecule has 0 spiro atoms. The van der Waals surface area contributed by atoms with Crippen LogP contribution < -0.4 is 11.3 Å². The quantitative estimate of drug-likeness (QED) is 0.334. The Morgan fingerprint density at radius 2 is 2.22 bits per heavy atom. The summed E-state index contributed by atoms with van der Waals surface area (Å²) in [7, 11) is 0. The molecule has 0 amide bonds. The molecule has 0 unspecified atom stereocenters. The zero-order chi connectivity index (χ0) is 7.11. The second-order valence-electron chi connectivity index (χ2n) is 2.61. The van der Waals surface area contributed by atoms with Crippen molar-refractivity contribution in [3.63, 3.8) is 0 Å². The molecule has 56 valence electrons. The highest BCUT2D eigenvalue weighted by atomic mass is 15.2. The minimum atomic E-state index is 0.860. The van der Waals surface area contributed by atoms with E-state index >= 15 is 0 Å². The number of hydrazine groups is 1. The molecule has 0 saturated heterocycles. The van der Waals surface area contributed by atoms with Crippen molar-refractivity contribution in [2.75, 3.05) is 6.54 Å². The van der Waals surface area contributed by atoms with Crippen molar-refractivity contribution >= 4 is 0 Å². The van der Waals surface area contributed by atoms with E-state index in [1.807, 2.05) is 0 Å². The SMILES string of the molecule is CC[C@H](C)CCCNN. The second-order valence-corrected chi connectivity index (χ2v) is 2.61. The van der Waals surface area contributed by atoms with Gasteiger partial charge in [0.15, 0.2) is 0 Å². The predicted molar refractivity (Wildman–Crippen MR) is 40.9 cm³/mol.